The van der Waals surface area contributed by atoms with Gasteiger partial charge in [-0.25, -0.2) is 4.79 Å². The Bertz CT molecular complexity index is 1980. The first-order valence-electron chi connectivity index (χ1n) is 19.5. The minimum Gasteiger partial charge on any atom is -0.446 e. The Balaban J connectivity index is 1.41. The Hall–Kier alpha value is -4.00. The Morgan fingerprint density at radius 2 is 1.00 bits per heavy atom. The highest BCUT2D eigenvalue weighted by molar-refractivity contribution is 9.10. The third-order valence-corrected chi connectivity index (χ3v) is 12.2. The van der Waals surface area contributed by atoms with Crippen LogP contribution in [0.5, 0.6) is 0 Å². The van der Waals surface area contributed by atoms with E-state index in [1.54, 1.807) is 38.1 Å². The maximum absolute atomic E-state index is 14.7. The fourth-order valence-corrected chi connectivity index (χ4v) is 8.69. The number of carbonyl (C=O) groups is 1. The molecule has 6 rings (SSSR count). The van der Waals surface area contributed by atoms with Gasteiger partial charge in [-0.15, -0.1) is 0 Å². The maximum atomic E-state index is 14.7. The Morgan fingerprint density at radius 1 is 0.586 bits per heavy atom. The lowest BCUT2D eigenvalue weighted by molar-refractivity contribution is -0.327. The molecule has 0 saturated carbocycles. The van der Waals surface area contributed by atoms with Crippen molar-refractivity contribution < 1.29 is 46.8 Å². The zero-order valence-corrected chi connectivity index (χ0v) is 35.2. The SMILES string of the molecule is CCOP(=O)(OCC)C(C[C@H]1O[C@@H](OCc2ccccc2)[C@H](OCc2ccccc2)[C@@H](OCc2ccccc2)[C@@H]1OCc1ccccc1)OC(=O)c1ccc(Br)cc1. The summed E-state index contributed by atoms with van der Waals surface area (Å²) in [6.45, 7) is 4.35. The standard InChI is InChI=1S/C46H50BrO10P/c1-3-54-58(49,55-4-2)41(57-45(48)38-25-27-39(47)28-26-38)29-40-42(50-30-34-17-9-5-10-18-34)43(51-31-35-19-11-6-12-20-35)44(52-32-36-21-13-7-14-22-36)46(56-40)53-33-37-23-15-8-16-24-37/h5-28,40-44,46H,3-4,29-33H2,1-2H3/t40-,41?,42-,43+,44-,46-/m1/s1. The van der Waals surface area contributed by atoms with Crippen LogP contribution < -0.4 is 0 Å². The van der Waals surface area contributed by atoms with Gasteiger partial charge in [-0.1, -0.05) is 137 Å². The average Bonchev–Trinajstić information content (AvgIpc) is 3.25. The summed E-state index contributed by atoms with van der Waals surface area (Å²) in [5.41, 5.74) is 3.99. The van der Waals surface area contributed by atoms with Crippen LogP contribution in [0.25, 0.3) is 0 Å². The Morgan fingerprint density at radius 3 is 1.45 bits per heavy atom. The molecule has 10 nitrogen and oxygen atoms in total. The molecule has 0 aromatic heterocycles. The van der Waals surface area contributed by atoms with Crippen molar-refractivity contribution in [3.8, 4) is 0 Å². The van der Waals surface area contributed by atoms with E-state index in [0.717, 1.165) is 26.7 Å². The second kappa shape index (κ2) is 22.4. The van der Waals surface area contributed by atoms with Gasteiger partial charge in [0.25, 0.3) is 0 Å². The van der Waals surface area contributed by atoms with E-state index < -0.39 is 50.1 Å². The fraction of sp³-hybridized carbons (Fsp3) is 0.326. The van der Waals surface area contributed by atoms with Crippen molar-refractivity contribution >= 4 is 29.5 Å². The van der Waals surface area contributed by atoms with Gasteiger partial charge in [0.1, 0.15) is 18.3 Å². The van der Waals surface area contributed by atoms with E-state index >= 15 is 0 Å². The molecule has 0 spiro atoms. The van der Waals surface area contributed by atoms with Crippen LogP contribution in [0, 0.1) is 0 Å². The van der Waals surface area contributed by atoms with Crippen molar-refractivity contribution in [1.82, 2.24) is 0 Å². The highest BCUT2D eigenvalue weighted by Gasteiger charge is 2.52. The number of esters is 1. The number of carbonyl (C=O) groups excluding carboxylic acids is 1. The number of rotatable bonds is 21. The highest BCUT2D eigenvalue weighted by Crippen LogP contribution is 2.56. The molecule has 6 atom stereocenters. The van der Waals surface area contributed by atoms with Crippen LogP contribution in [0.1, 0.15) is 52.9 Å². The molecule has 12 heteroatoms. The van der Waals surface area contributed by atoms with E-state index in [4.69, 9.17) is 37.5 Å². The third kappa shape index (κ3) is 12.5. The van der Waals surface area contributed by atoms with Crippen molar-refractivity contribution in [2.45, 2.75) is 83.2 Å². The van der Waals surface area contributed by atoms with Crippen LogP contribution >= 0.6 is 23.5 Å². The van der Waals surface area contributed by atoms with Crippen LogP contribution in [-0.4, -0.2) is 55.7 Å². The van der Waals surface area contributed by atoms with Crippen LogP contribution in [0.3, 0.4) is 0 Å². The first-order valence-corrected chi connectivity index (χ1v) is 21.9. The number of benzene rings is 5. The van der Waals surface area contributed by atoms with Gasteiger partial charge < -0.3 is 37.5 Å². The summed E-state index contributed by atoms with van der Waals surface area (Å²) in [5.74, 6) is -2.10. The molecule has 5 aromatic rings. The molecule has 1 heterocycles. The molecule has 1 aliphatic rings. The molecule has 0 N–H and O–H groups in total. The summed E-state index contributed by atoms with van der Waals surface area (Å²) in [5, 5.41) is 0. The molecule has 306 valence electrons. The van der Waals surface area contributed by atoms with Gasteiger partial charge in [-0.3, -0.25) is 4.57 Å². The molecule has 0 amide bonds. The van der Waals surface area contributed by atoms with Crippen LogP contribution in [0.2, 0.25) is 0 Å². The van der Waals surface area contributed by atoms with Gasteiger partial charge in [-0.2, -0.15) is 0 Å². The number of halogens is 1. The predicted molar refractivity (Wildman–Crippen MR) is 224 cm³/mol. The van der Waals surface area contributed by atoms with Gasteiger partial charge >= 0.3 is 13.6 Å². The predicted octanol–water partition coefficient (Wildman–Crippen LogP) is 10.3. The molecule has 1 saturated heterocycles. The molecule has 1 aliphatic heterocycles. The fourth-order valence-electron chi connectivity index (χ4n) is 6.60. The van der Waals surface area contributed by atoms with Gasteiger partial charge in [0.2, 0.25) is 5.85 Å². The van der Waals surface area contributed by atoms with Crippen LogP contribution in [0.15, 0.2) is 150 Å². The van der Waals surface area contributed by atoms with E-state index in [2.05, 4.69) is 15.9 Å². The lowest BCUT2D eigenvalue weighted by Crippen LogP contribution is -2.61. The van der Waals surface area contributed by atoms with Gasteiger partial charge in [0.15, 0.2) is 6.29 Å². The first kappa shape index (κ1) is 43.6. The smallest absolute Gasteiger partial charge is 0.371 e. The Labute approximate surface area is 349 Å². The molecule has 0 aliphatic carbocycles. The minimum atomic E-state index is -4.12. The van der Waals surface area contributed by atoms with E-state index in [9.17, 15) is 9.36 Å². The summed E-state index contributed by atoms with van der Waals surface area (Å²) in [7, 11) is -4.12. The van der Waals surface area contributed by atoms with Crippen molar-refractivity contribution in [3.05, 3.63) is 178 Å². The summed E-state index contributed by atoms with van der Waals surface area (Å²) < 4.78 is 67.1. The van der Waals surface area contributed by atoms with Crippen molar-refractivity contribution in [1.29, 1.82) is 0 Å². The summed E-state index contributed by atoms with van der Waals surface area (Å²) >= 11 is 3.42. The average molecular weight is 874 g/mol. The molecule has 58 heavy (non-hydrogen) atoms. The summed E-state index contributed by atoms with van der Waals surface area (Å²) in [6, 6.07) is 45.8. The highest BCUT2D eigenvalue weighted by atomic mass is 79.9. The van der Waals surface area contributed by atoms with Crippen molar-refractivity contribution in [2.24, 2.45) is 0 Å². The monoisotopic (exact) mass is 872 g/mol. The second-order valence-corrected chi connectivity index (χ2v) is 16.7. The lowest BCUT2D eigenvalue weighted by Gasteiger charge is -2.46. The third-order valence-electron chi connectivity index (χ3n) is 9.43. The van der Waals surface area contributed by atoms with E-state index in [1.807, 2.05) is 121 Å². The van der Waals surface area contributed by atoms with Crippen LogP contribution in [0.4, 0.5) is 0 Å². The topological polar surface area (TPSA) is 108 Å². The number of hydrogen-bond donors (Lipinski definition) is 0. The van der Waals surface area contributed by atoms with Crippen molar-refractivity contribution in [2.75, 3.05) is 13.2 Å². The molecule has 0 radical (unpaired) electrons. The van der Waals surface area contributed by atoms with Crippen LogP contribution in [-0.2, 0) is 68.5 Å². The molecule has 5 aromatic carbocycles. The van der Waals surface area contributed by atoms with Crippen molar-refractivity contribution in [3.63, 3.8) is 0 Å². The van der Waals surface area contributed by atoms with E-state index in [-0.39, 0.29) is 51.6 Å². The quantitative estimate of drug-likeness (QED) is 0.0522. The maximum Gasteiger partial charge on any atom is 0.371 e. The normalized spacial score (nSPS) is 20.0. The lowest BCUT2D eigenvalue weighted by atomic mass is 9.95. The minimum absolute atomic E-state index is 0.0457. The molecule has 0 bridgehead atoms. The zero-order valence-electron chi connectivity index (χ0n) is 32.7. The largest absolute Gasteiger partial charge is 0.446 e. The Kier molecular flexibility index (Phi) is 16.8. The summed E-state index contributed by atoms with van der Waals surface area (Å²) in [4.78, 5) is 13.8. The zero-order chi connectivity index (χ0) is 40.6. The molecular weight excluding hydrogens is 823 g/mol. The van der Waals surface area contributed by atoms with E-state index in [0.29, 0.717) is 0 Å². The first-order chi connectivity index (χ1) is 28.3. The molecule has 1 fully saturated rings. The number of hydrogen-bond acceptors (Lipinski definition) is 10. The molecular formula is C46H50BrO10P. The number of ether oxygens (including phenoxy) is 6. The van der Waals surface area contributed by atoms with Gasteiger partial charge in [0.05, 0.1) is 51.3 Å². The van der Waals surface area contributed by atoms with Gasteiger partial charge in [0, 0.05) is 10.9 Å². The second-order valence-electron chi connectivity index (χ2n) is 13.6. The van der Waals surface area contributed by atoms with Gasteiger partial charge in [-0.05, 0) is 60.4 Å². The van der Waals surface area contributed by atoms with E-state index in [1.165, 1.54) is 0 Å². The summed E-state index contributed by atoms with van der Waals surface area (Å²) in [6.07, 6.45) is -4.55. The molecule has 1 unspecified atom stereocenters.